The largest absolute Gasteiger partial charge is 0.478 e. The van der Waals surface area contributed by atoms with Gasteiger partial charge in [-0.2, -0.15) is 0 Å². The Morgan fingerprint density at radius 1 is 1.26 bits per heavy atom. The van der Waals surface area contributed by atoms with Gasteiger partial charge in [0.05, 0.1) is 23.8 Å². The number of nitrogens with one attached hydrogen (secondary N) is 1. The van der Waals surface area contributed by atoms with Crippen LogP contribution < -0.4 is 5.32 Å². The van der Waals surface area contributed by atoms with Crippen LogP contribution in [0.3, 0.4) is 0 Å². The van der Waals surface area contributed by atoms with Gasteiger partial charge in [-0.05, 0) is 18.6 Å². The molecular formula is C12H13F2NO4. The van der Waals surface area contributed by atoms with Crippen LogP contribution in [0.2, 0.25) is 0 Å². The minimum Gasteiger partial charge on any atom is -0.478 e. The summed E-state index contributed by atoms with van der Waals surface area (Å²) in [5, 5.41) is 20.1. The molecule has 0 aliphatic rings. The number of hydrogen-bond donors (Lipinski definition) is 3. The predicted octanol–water partition coefficient (Wildman–Crippen LogP) is 1.16. The lowest BCUT2D eigenvalue weighted by Crippen LogP contribution is -2.37. The highest BCUT2D eigenvalue weighted by Gasteiger charge is 2.21. The third-order valence-electron chi connectivity index (χ3n) is 2.58. The van der Waals surface area contributed by atoms with Gasteiger partial charge >= 0.3 is 5.97 Å². The van der Waals surface area contributed by atoms with E-state index in [0.717, 1.165) is 0 Å². The molecule has 1 aromatic carbocycles. The number of aliphatic hydroxyl groups is 1. The molecule has 0 saturated heterocycles. The van der Waals surface area contributed by atoms with Crippen LogP contribution in [0.4, 0.5) is 8.78 Å². The molecule has 7 heteroatoms. The van der Waals surface area contributed by atoms with Crippen LogP contribution in [0, 0.1) is 11.6 Å². The van der Waals surface area contributed by atoms with Gasteiger partial charge in [-0.1, -0.05) is 6.92 Å². The number of hydrogen-bond acceptors (Lipinski definition) is 3. The summed E-state index contributed by atoms with van der Waals surface area (Å²) in [5.74, 6) is -5.08. The lowest BCUT2D eigenvalue weighted by Gasteiger charge is -2.15. The summed E-state index contributed by atoms with van der Waals surface area (Å²) in [6.45, 7) is 1.36. The van der Waals surface area contributed by atoms with Gasteiger partial charge in [-0.3, -0.25) is 4.79 Å². The Bertz CT molecular complexity index is 501. The van der Waals surface area contributed by atoms with Gasteiger partial charge in [-0.25, -0.2) is 13.6 Å². The van der Waals surface area contributed by atoms with E-state index < -0.39 is 40.7 Å². The summed E-state index contributed by atoms with van der Waals surface area (Å²) < 4.78 is 26.1. The van der Waals surface area contributed by atoms with Gasteiger partial charge in [0, 0.05) is 0 Å². The molecule has 1 unspecified atom stereocenters. The second kappa shape index (κ2) is 6.24. The van der Waals surface area contributed by atoms with Crippen LogP contribution in [0.15, 0.2) is 12.1 Å². The van der Waals surface area contributed by atoms with Crippen molar-refractivity contribution in [2.45, 2.75) is 19.4 Å². The standard InChI is InChI=1S/C12H13F2NO4/c1-2-6(5-16)15-11(17)7-3-9(13)10(14)4-8(7)12(18)19/h3-4,6,16H,2,5H2,1H3,(H,15,17)(H,18,19). The summed E-state index contributed by atoms with van der Waals surface area (Å²) in [6.07, 6.45) is 0.411. The first-order valence-electron chi connectivity index (χ1n) is 5.54. The average molecular weight is 273 g/mol. The Kier molecular flexibility index (Phi) is 4.94. The van der Waals surface area contributed by atoms with Crippen molar-refractivity contribution >= 4 is 11.9 Å². The predicted molar refractivity (Wildman–Crippen MR) is 61.9 cm³/mol. The Balaban J connectivity index is 3.14. The number of aliphatic hydroxyl groups excluding tert-OH is 1. The fraction of sp³-hybridized carbons (Fsp3) is 0.333. The molecule has 3 N–H and O–H groups in total. The van der Waals surface area contributed by atoms with Crippen LogP contribution in [0.5, 0.6) is 0 Å². The number of carboxylic acids is 1. The molecule has 104 valence electrons. The summed E-state index contributed by atoms with van der Waals surface area (Å²) in [5.41, 5.74) is -1.12. The molecule has 0 heterocycles. The first-order valence-corrected chi connectivity index (χ1v) is 5.54. The molecule has 5 nitrogen and oxygen atoms in total. The zero-order chi connectivity index (χ0) is 14.6. The molecule has 0 aromatic heterocycles. The Morgan fingerprint density at radius 3 is 2.21 bits per heavy atom. The monoisotopic (exact) mass is 273 g/mol. The number of rotatable bonds is 5. The molecule has 0 aliphatic heterocycles. The molecule has 0 bridgehead atoms. The van der Waals surface area contributed by atoms with Crippen molar-refractivity contribution in [2.75, 3.05) is 6.61 Å². The van der Waals surface area contributed by atoms with E-state index in [9.17, 15) is 18.4 Å². The van der Waals surface area contributed by atoms with Crippen molar-refractivity contribution in [1.82, 2.24) is 5.32 Å². The summed E-state index contributed by atoms with van der Waals surface area (Å²) in [4.78, 5) is 22.7. The molecule has 0 aliphatic carbocycles. The summed E-state index contributed by atoms with van der Waals surface area (Å²) >= 11 is 0. The topological polar surface area (TPSA) is 86.6 Å². The molecule has 1 rings (SSSR count). The maximum atomic E-state index is 13.1. The molecule has 19 heavy (non-hydrogen) atoms. The summed E-state index contributed by atoms with van der Waals surface area (Å²) in [6, 6.07) is 0.396. The van der Waals surface area contributed by atoms with E-state index >= 15 is 0 Å². The van der Waals surface area contributed by atoms with E-state index in [1.165, 1.54) is 0 Å². The molecule has 0 spiro atoms. The highest BCUT2D eigenvalue weighted by molar-refractivity contribution is 6.04. The van der Waals surface area contributed by atoms with E-state index in [4.69, 9.17) is 10.2 Å². The maximum Gasteiger partial charge on any atom is 0.336 e. The highest BCUT2D eigenvalue weighted by Crippen LogP contribution is 2.15. The van der Waals surface area contributed by atoms with Gasteiger partial charge in [0.15, 0.2) is 11.6 Å². The third kappa shape index (κ3) is 3.47. The molecule has 1 atom stereocenters. The fourth-order valence-corrected chi connectivity index (χ4v) is 1.45. The second-order valence-corrected chi connectivity index (χ2v) is 3.88. The molecule has 0 saturated carbocycles. The lowest BCUT2D eigenvalue weighted by molar-refractivity contribution is 0.0689. The van der Waals surface area contributed by atoms with E-state index in [2.05, 4.69) is 5.32 Å². The van der Waals surface area contributed by atoms with Crippen molar-refractivity contribution in [1.29, 1.82) is 0 Å². The van der Waals surface area contributed by atoms with Crippen LogP contribution in [-0.2, 0) is 0 Å². The first kappa shape index (κ1) is 15.0. The number of carboxylic acid groups (broad SMARTS) is 1. The Morgan fingerprint density at radius 2 is 1.79 bits per heavy atom. The summed E-state index contributed by atoms with van der Waals surface area (Å²) in [7, 11) is 0. The number of benzene rings is 1. The fourth-order valence-electron chi connectivity index (χ4n) is 1.45. The SMILES string of the molecule is CCC(CO)NC(=O)c1cc(F)c(F)cc1C(=O)O. The van der Waals surface area contributed by atoms with Crippen molar-refractivity contribution < 1.29 is 28.6 Å². The van der Waals surface area contributed by atoms with Crippen LogP contribution in [0.1, 0.15) is 34.1 Å². The molecule has 1 amide bonds. The van der Waals surface area contributed by atoms with Crippen molar-refractivity contribution in [3.8, 4) is 0 Å². The molecule has 1 aromatic rings. The smallest absolute Gasteiger partial charge is 0.336 e. The number of carbonyl (C=O) groups is 2. The van der Waals surface area contributed by atoms with Crippen LogP contribution >= 0.6 is 0 Å². The van der Waals surface area contributed by atoms with Crippen molar-refractivity contribution in [3.63, 3.8) is 0 Å². The molecule has 0 fully saturated rings. The number of aromatic carboxylic acids is 1. The van der Waals surface area contributed by atoms with E-state index in [0.29, 0.717) is 18.6 Å². The van der Waals surface area contributed by atoms with Crippen LogP contribution in [-0.4, -0.2) is 34.7 Å². The molecule has 0 radical (unpaired) electrons. The first-order chi connectivity index (χ1) is 8.90. The Labute approximate surface area is 107 Å². The van der Waals surface area contributed by atoms with E-state index in [1.807, 2.05) is 0 Å². The van der Waals surface area contributed by atoms with Gasteiger partial charge in [0.1, 0.15) is 0 Å². The second-order valence-electron chi connectivity index (χ2n) is 3.88. The number of carbonyl (C=O) groups excluding carboxylic acids is 1. The maximum absolute atomic E-state index is 13.1. The minimum absolute atomic E-state index is 0.339. The van der Waals surface area contributed by atoms with Gasteiger partial charge in [-0.15, -0.1) is 0 Å². The zero-order valence-corrected chi connectivity index (χ0v) is 10.1. The molecular weight excluding hydrogens is 260 g/mol. The third-order valence-corrected chi connectivity index (χ3v) is 2.58. The van der Waals surface area contributed by atoms with Gasteiger partial charge in [0.25, 0.3) is 5.91 Å². The van der Waals surface area contributed by atoms with Crippen LogP contribution in [0.25, 0.3) is 0 Å². The normalized spacial score (nSPS) is 12.0. The number of halogens is 2. The van der Waals surface area contributed by atoms with Crippen molar-refractivity contribution in [2.24, 2.45) is 0 Å². The zero-order valence-electron chi connectivity index (χ0n) is 10.1. The quantitative estimate of drug-likeness (QED) is 0.751. The highest BCUT2D eigenvalue weighted by atomic mass is 19.2. The van der Waals surface area contributed by atoms with E-state index in [1.54, 1.807) is 6.92 Å². The Hall–Kier alpha value is -2.02. The lowest BCUT2D eigenvalue weighted by atomic mass is 10.1. The average Bonchev–Trinajstić information content (AvgIpc) is 2.37. The van der Waals surface area contributed by atoms with Gasteiger partial charge < -0.3 is 15.5 Å². The van der Waals surface area contributed by atoms with E-state index in [-0.39, 0.29) is 6.61 Å². The minimum atomic E-state index is -1.54. The van der Waals surface area contributed by atoms with Crippen molar-refractivity contribution in [3.05, 3.63) is 34.9 Å². The van der Waals surface area contributed by atoms with Gasteiger partial charge in [0.2, 0.25) is 0 Å². The number of amides is 1.